The van der Waals surface area contributed by atoms with Gasteiger partial charge in [-0.15, -0.1) is 0 Å². The van der Waals surface area contributed by atoms with Gasteiger partial charge in [-0.25, -0.2) is 0 Å². The van der Waals surface area contributed by atoms with E-state index in [0.29, 0.717) is 6.04 Å². The highest BCUT2D eigenvalue weighted by molar-refractivity contribution is 5.90. The van der Waals surface area contributed by atoms with Crippen molar-refractivity contribution in [3.05, 3.63) is 83.4 Å². The first-order valence-corrected chi connectivity index (χ1v) is 11.8. The number of allylic oxidation sites excluding steroid dienone is 1. The number of ether oxygens (including phenoxy) is 2. The standard InChI is InChI=1S/C30H34N2O2/c1-20(2)32-29-16-21(3)23(17-28(29)22(4)18-30(32,5)6)19-31-24-8-10-26(11-9-24)34-27-14-12-25(33-7)13-15-27/h8-20H,1-7H3. The van der Waals surface area contributed by atoms with Crippen molar-refractivity contribution >= 4 is 23.2 Å². The second-order valence-electron chi connectivity index (χ2n) is 9.70. The molecule has 0 fully saturated rings. The van der Waals surface area contributed by atoms with Gasteiger partial charge in [0.05, 0.1) is 18.3 Å². The molecular weight excluding hydrogens is 420 g/mol. The van der Waals surface area contributed by atoms with Gasteiger partial charge in [-0.1, -0.05) is 6.08 Å². The minimum absolute atomic E-state index is 0.0110. The molecule has 34 heavy (non-hydrogen) atoms. The topological polar surface area (TPSA) is 34.1 Å². The van der Waals surface area contributed by atoms with Crippen LogP contribution < -0.4 is 14.4 Å². The molecule has 0 aromatic heterocycles. The Labute approximate surface area is 203 Å². The number of nitrogens with zero attached hydrogens (tertiary/aromatic N) is 2. The molecule has 1 aliphatic rings. The van der Waals surface area contributed by atoms with E-state index in [1.807, 2.05) is 54.7 Å². The van der Waals surface area contributed by atoms with Gasteiger partial charge in [0.25, 0.3) is 0 Å². The highest BCUT2D eigenvalue weighted by atomic mass is 16.5. The molecule has 0 amide bonds. The Morgan fingerprint density at radius 2 is 1.47 bits per heavy atom. The van der Waals surface area contributed by atoms with Crippen LogP contribution in [-0.2, 0) is 0 Å². The number of fused-ring (bicyclic) bond motifs is 1. The highest BCUT2D eigenvalue weighted by Gasteiger charge is 2.33. The van der Waals surface area contributed by atoms with E-state index in [-0.39, 0.29) is 5.54 Å². The first-order chi connectivity index (χ1) is 16.2. The summed E-state index contributed by atoms with van der Waals surface area (Å²) in [6, 6.07) is 20.3. The maximum Gasteiger partial charge on any atom is 0.127 e. The van der Waals surface area contributed by atoms with E-state index in [1.54, 1.807) is 7.11 Å². The van der Waals surface area contributed by atoms with Crippen molar-refractivity contribution in [2.75, 3.05) is 12.0 Å². The van der Waals surface area contributed by atoms with Crippen molar-refractivity contribution < 1.29 is 9.47 Å². The van der Waals surface area contributed by atoms with Crippen LogP contribution >= 0.6 is 0 Å². The van der Waals surface area contributed by atoms with Crippen LogP contribution in [0.2, 0.25) is 0 Å². The molecule has 0 bridgehead atoms. The summed E-state index contributed by atoms with van der Waals surface area (Å²) in [5.41, 5.74) is 7.12. The molecule has 0 atom stereocenters. The second kappa shape index (κ2) is 9.38. The number of benzene rings is 3. The summed E-state index contributed by atoms with van der Waals surface area (Å²) in [7, 11) is 1.65. The van der Waals surface area contributed by atoms with Crippen LogP contribution in [0, 0.1) is 6.92 Å². The van der Waals surface area contributed by atoms with Crippen LogP contribution in [0.3, 0.4) is 0 Å². The predicted molar refractivity (Wildman–Crippen MR) is 143 cm³/mol. The monoisotopic (exact) mass is 454 g/mol. The SMILES string of the molecule is COc1ccc(Oc2ccc(N=Cc3cc4c(cc3C)N(C(C)C)C(C)(C)C=C4C)cc2)cc1. The highest BCUT2D eigenvalue weighted by Crippen LogP contribution is 2.41. The Morgan fingerprint density at radius 1 is 0.882 bits per heavy atom. The molecule has 1 aliphatic heterocycles. The molecule has 0 saturated heterocycles. The Kier molecular flexibility index (Phi) is 6.52. The second-order valence-corrected chi connectivity index (χ2v) is 9.70. The number of aryl methyl sites for hydroxylation is 1. The normalized spacial score (nSPS) is 14.8. The minimum atomic E-state index is -0.0110. The lowest BCUT2D eigenvalue weighted by atomic mass is 9.86. The van der Waals surface area contributed by atoms with Crippen LogP contribution in [0.4, 0.5) is 11.4 Å². The molecule has 3 aromatic carbocycles. The van der Waals surface area contributed by atoms with Gasteiger partial charge in [0, 0.05) is 23.5 Å². The lowest BCUT2D eigenvalue weighted by Gasteiger charge is -2.46. The fourth-order valence-electron chi connectivity index (χ4n) is 4.82. The third-order valence-corrected chi connectivity index (χ3v) is 6.26. The van der Waals surface area contributed by atoms with E-state index in [4.69, 9.17) is 14.5 Å². The average molecular weight is 455 g/mol. The molecule has 0 N–H and O–H groups in total. The third-order valence-electron chi connectivity index (χ3n) is 6.26. The quantitative estimate of drug-likeness (QED) is 0.354. The number of rotatable bonds is 6. The van der Waals surface area contributed by atoms with Gasteiger partial charge in [0.1, 0.15) is 17.2 Å². The van der Waals surface area contributed by atoms with Crippen molar-refractivity contribution in [2.45, 2.75) is 53.1 Å². The molecule has 176 valence electrons. The summed E-state index contributed by atoms with van der Waals surface area (Å²) in [6.45, 7) is 13.4. The third kappa shape index (κ3) is 4.86. The van der Waals surface area contributed by atoms with Gasteiger partial charge in [-0.05, 0) is 119 Å². The number of anilines is 1. The molecule has 0 unspecified atom stereocenters. The molecule has 0 radical (unpaired) electrons. The minimum Gasteiger partial charge on any atom is -0.497 e. The predicted octanol–water partition coefficient (Wildman–Crippen LogP) is 7.96. The zero-order valence-electron chi connectivity index (χ0n) is 21.2. The smallest absolute Gasteiger partial charge is 0.127 e. The van der Waals surface area contributed by atoms with Crippen molar-refractivity contribution in [1.29, 1.82) is 0 Å². The molecule has 0 saturated carbocycles. The average Bonchev–Trinajstić information content (AvgIpc) is 2.78. The summed E-state index contributed by atoms with van der Waals surface area (Å²) in [6.07, 6.45) is 4.33. The number of aliphatic imine (C=N–C) groups is 1. The van der Waals surface area contributed by atoms with Crippen LogP contribution in [-0.4, -0.2) is 24.9 Å². The van der Waals surface area contributed by atoms with E-state index < -0.39 is 0 Å². The lowest BCUT2D eigenvalue weighted by molar-refractivity contribution is 0.413. The van der Waals surface area contributed by atoms with Gasteiger partial charge in [-0.2, -0.15) is 0 Å². The molecule has 4 nitrogen and oxygen atoms in total. The molecule has 4 heteroatoms. The summed E-state index contributed by atoms with van der Waals surface area (Å²) in [4.78, 5) is 7.24. The first kappa shape index (κ1) is 23.6. The molecule has 1 heterocycles. The lowest BCUT2D eigenvalue weighted by Crippen LogP contribution is -2.49. The van der Waals surface area contributed by atoms with E-state index in [1.165, 1.54) is 22.4 Å². The maximum absolute atomic E-state index is 5.92. The van der Waals surface area contributed by atoms with Crippen molar-refractivity contribution in [3.8, 4) is 17.2 Å². The van der Waals surface area contributed by atoms with Crippen LogP contribution in [0.15, 0.2) is 71.7 Å². The van der Waals surface area contributed by atoms with Crippen LogP contribution in [0.5, 0.6) is 17.2 Å². The molecule has 3 aromatic rings. The number of methoxy groups -OCH3 is 1. The van der Waals surface area contributed by atoms with Crippen molar-refractivity contribution in [2.24, 2.45) is 4.99 Å². The Morgan fingerprint density at radius 3 is 2.06 bits per heavy atom. The van der Waals surface area contributed by atoms with Gasteiger partial charge in [-0.3, -0.25) is 4.99 Å². The zero-order valence-corrected chi connectivity index (χ0v) is 21.2. The Bertz CT molecular complexity index is 1220. The summed E-state index contributed by atoms with van der Waals surface area (Å²) in [5.74, 6) is 2.34. The fourth-order valence-corrected chi connectivity index (χ4v) is 4.82. The van der Waals surface area contributed by atoms with Crippen LogP contribution in [0.1, 0.15) is 51.3 Å². The van der Waals surface area contributed by atoms with E-state index in [2.05, 4.69) is 64.7 Å². The molecule has 4 rings (SSSR count). The van der Waals surface area contributed by atoms with E-state index in [0.717, 1.165) is 28.5 Å². The van der Waals surface area contributed by atoms with Gasteiger partial charge in [0.2, 0.25) is 0 Å². The van der Waals surface area contributed by atoms with E-state index in [9.17, 15) is 0 Å². The van der Waals surface area contributed by atoms with Gasteiger partial charge >= 0.3 is 0 Å². The first-order valence-electron chi connectivity index (χ1n) is 11.8. The summed E-state index contributed by atoms with van der Waals surface area (Å²) >= 11 is 0. The van der Waals surface area contributed by atoms with Gasteiger partial charge in [0.15, 0.2) is 0 Å². The largest absolute Gasteiger partial charge is 0.497 e. The van der Waals surface area contributed by atoms with Crippen molar-refractivity contribution in [3.63, 3.8) is 0 Å². The maximum atomic E-state index is 5.92. The number of hydrogen-bond acceptors (Lipinski definition) is 4. The Hall–Kier alpha value is -3.53. The molecule has 0 aliphatic carbocycles. The molecular formula is C30H34N2O2. The summed E-state index contributed by atoms with van der Waals surface area (Å²) < 4.78 is 11.1. The molecule has 0 spiro atoms. The van der Waals surface area contributed by atoms with Crippen LogP contribution in [0.25, 0.3) is 5.57 Å². The fraction of sp³-hybridized carbons (Fsp3) is 0.300. The summed E-state index contributed by atoms with van der Waals surface area (Å²) in [5, 5.41) is 0. The Balaban J connectivity index is 1.54. The zero-order chi connectivity index (χ0) is 24.5. The number of hydrogen-bond donors (Lipinski definition) is 0. The van der Waals surface area contributed by atoms with E-state index >= 15 is 0 Å². The van der Waals surface area contributed by atoms with Crippen molar-refractivity contribution in [1.82, 2.24) is 0 Å². The van der Waals surface area contributed by atoms with Gasteiger partial charge < -0.3 is 14.4 Å².